The van der Waals surface area contributed by atoms with Crippen molar-refractivity contribution in [3.05, 3.63) is 50.7 Å². The zero-order valence-corrected chi connectivity index (χ0v) is 23.1. The zero-order chi connectivity index (χ0) is 25.0. The van der Waals surface area contributed by atoms with Crippen molar-refractivity contribution in [1.29, 1.82) is 0 Å². The second-order valence-electron chi connectivity index (χ2n) is 8.75. The molecule has 3 rings (SSSR count). The highest BCUT2D eigenvalue weighted by Gasteiger charge is 2.18. The van der Waals surface area contributed by atoms with Gasteiger partial charge < -0.3 is 0 Å². The summed E-state index contributed by atoms with van der Waals surface area (Å²) in [7, 11) is 0. The minimum absolute atomic E-state index is 0.787. The second kappa shape index (κ2) is 14.4. The lowest BCUT2D eigenvalue weighted by Gasteiger charge is -1.98. The van der Waals surface area contributed by atoms with E-state index in [2.05, 4.69) is 32.0 Å². The molecule has 3 aromatic rings. The maximum absolute atomic E-state index is 11.8. The molecule has 35 heavy (non-hydrogen) atoms. The molecule has 0 saturated carbocycles. The normalized spacial score (nSPS) is 11.4. The average Bonchev–Trinajstić information content (AvgIpc) is 3.59. The molecule has 0 N–H and O–H groups in total. The van der Waals surface area contributed by atoms with Gasteiger partial charge in [0.1, 0.15) is 6.29 Å². The Morgan fingerprint density at radius 1 is 0.657 bits per heavy atom. The van der Waals surface area contributed by atoms with Crippen molar-refractivity contribution >= 4 is 58.9 Å². The van der Waals surface area contributed by atoms with E-state index < -0.39 is 0 Å². The minimum atomic E-state index is 0.787. The van der Waals surface area contributed by atoms with E-state index >= 15 is 0 Å². The first-order chi connectivity index (χ1) is 17.1. The van der Waals surface area contributed by atoms with Crippen molar-refractivity contribution in [2.75, 3.05) is 0 Å². The summed E-state index contributed by atoms with van der Waals surface area (Å²) in [5.41, 5.74) is 3.22. The van der Waals surface area contributed by atoms with Crippen molar-refractivity contribution in [2.24, 2.45) is 0 Å². The molecule has 0 amide bonds. The van der Waals surface area contributed by atoms with Crippen LogP contribution in [0.3, 0.4) is 0 Å². The summed E-state index contributed by atoms with van der Waals surface area (Å²) in [6.07, 6.45) is 17.3. The monoisotopic (exact) mass is 526 g/mol. The Morgan fingerprint density at radius 2 is 1.20 bits per heavy atom. The van der Waals surface area contributed by atoms with Crippen molar-refractivity contribution in [2.45, 2.75) is 78.1 Å². The highest BCUT2D eigenvalue weighted by atomic mass is 32.1. The van der Waals surface area contributed by atoms with E-state index in [-0.39, 0.29) is 0 Å². The number of unbranched alkanes of at least 4 members (excludes halogenated alkanes) is 6. The van der Waals surface area contributed by atoms with Crippen LogP contribution in [-0.4, -0.2) is 18.9 Å². The van der Waals surface area contributed by atoms with E-state index in [1.807, 2.05) is 6.08 Å². The van der Waals surface area contributed by atoms with Gasteiger partial charge in [-0.3, -0.25) is 14.4 Å². The number of rotatable bonds is 16. The zero-order valence-electron chi connectivity index (χ0n) is 20.6. The SMILES string of the molecule is CCCCCCc1cc(-c2cc(/C=C/C=O)c(-c3cc(CCCCCC)c(C=O)s3)s2)sc1C=O. The van der Waals surface area contributed by atoms with Crippen molar-refractivity contribution in [3.63, 3.8) is 0 Å². The highest BCUT2D eigenvalue weighted by Crippen LogP contribution is 2.45. The number of allylic oxidation sites excluding steroid dienone is 1. The second-order valence-corrected chi connectivity index (χ2v) is 12.0. The van der Waals surface area contributed by atoms with Gasteiger partial charge in [0, 0.05) is 14.6 Å². The van der Waals surface area contributed by atoms with E-state index in [9.17, 15) is 14.4 Å². The molecule has 0 spiro atoms. The fourth-order valence-corrected chi connectivity index (χ4v) is 7.58. The Balaban J connectivity index is 1.92. The summed E-state index contributed by atoms with van der Waals surface area (Å²) < 4.78 is 0. The van der Waals surface area contributed by atoms with Gasteiger partial charge in [0.15, 0.2) is 12.6 Å². The first kappa shape index (κ1) is 27.4. The Hall–Kier alpha value is -2.15. The van der Waals surface area contributed by atoms with E-state index in [0.717, 1.165) is 90.5 Å². The summed E-state index contributed by atoms with van der Waals surface area (Å²) in [6, 6.07) is 6.41. The summed E-state index contributed by atoms with van der Waals surface area (Å²) in [5.74, 6) is 0. The number of hydrogen-bond acceptors (Lipinski definition) is 6. The van der Waals surface area contributed by atoms with Gasteiger partial charge in [0.2, 0.25) is 0 Å². The molecule has 3 nitrogen and oxygen atoms in total. The average molecular weight is 527 g/mol. The van der Waals surface area contributed by atoms with Crippen LogP contribution in [0.15, 0.2) is 24.3 Å². The van der Waals surface area contributed by atoms with Crippen LogP contribution in [0.1, 0.15) is 101 Å². The summed E-state index contributed by atoms with van der Waals surface area (Å²) >= 11 is 4.74. The van der Waals surface area contributed by atoms with E-state index in [1.165, 1.54) is 55.9 Å². The molecule has 186 valence electrons. The molecule has 0 aromatic carbocycles. The maximum atomic E-state index is 11.8. The molecule has 0 atom stereocenters. The standard InChI is InChI=1S/C29H34O3S3/c1-3-5-7-9-12-21-16-24(33-27(21)19-31)25-18-23(14-11-15-30)29(35-25)26-17-22(28(20-32)34-26)13-10-8-6-4-2/h11,14-20H,3-10,12-13H2,1-2H3/b14-11+. The molecule has 0 radical (unpaired) electrons. The van der Waals surface area contributed by atoms with Gasteiger partial charge >= 0.3 is 0 Å². The van der Waals surface area contributed by atoms with Crippen molar-refractivity contribution < 1.29 is 14.4 Å². The molecule has 3 aromatic heterocycles. The molecular weight excluding hydrogens is 493 g/mol. The van der Waals surface area contributed by atoms with Crippen LogP contribution in [0.2, 0.25) is 0 Å². The van der Waals surface area contributed by atoms with Gasteiger partial charge in [-0.2, -0.15) is 0 Å². The topological polar surface area (TPSA) is 51.2 Å². The highest BCUT2D eigenvalue weighted by molar-refractivity contribution is 7.27. The number of thiophene rings is 3. The van der Waals surface area contributed by atoms with Gasteiger partial charge in [0.05, 0.1) is 14.6 Å². The van der Waals surface area contributed by atoms with Gasteiger partial charge in [-0.1, -0.05) is 58.4 Å². The smallest absolute Gasteiger partial charge is 0.160 e. The molecule has 0 bridgehead atoms. The van der Waals surface area contributed by atoms with Crippen LogP contribution in [0.5, 0.6) is 0 Å². The predicted molar refractivity (Wildman–Crippen MR) is 153 cm³/mol. The number of aldehydes is 3. The first-order valence-corrected chi connectivity index (χ1v) is 15.0. The van der Waals surface area contributed by atoms with E-state index in [0.29, 0.717) is 0 Å². The Bertz CT molecular complexity index is 1150. The van der Waals surface area contributed by atoms with Gasteiger partial charge in [-0.05, 0) is 66.6 Å². The number of aryl methyl sites for hydroxylation is 2. The van der Waals surface area contributed by atoms with E-state index in [1.54, 1.807) is 22.7 Å². The van der Waals surface area contributed by atoms with Crippen LogP contribution in [0, 0.1) is 0 Å². The lowest BCUT2D eigenvalue weighted by molar-refractivity contribution is -0.104. The third kappa shape index (κ3) is 7.42. The molecule has 0 aliphatic rings. The third-order valence-electron chi connectivity index (χ3n) is 6.08. The molecule has 6 heteroatoms. The number of carbonyl (C=O) groups is 3. The van der Waals surface area contributed by atoms with E-state index in [4.69, 9.17) is 0 Å². The van der Waals surface area contributed by atoms with Gasteiger partial charge in [-0.15, -0.1) is 34.0 Å². The minimum Gasteiger partial charge on any atom is -0.299 e. The van der Waals surface area contributed by atoms with Gasteiger partial charge in [-0.25, -0.2) is 0 Å². The van der Waals surface area contributed by atoms with Crippen LogP contribution < -0.4 is 0 Å². The molecule has 0 fully saturated rings. The lowest BCUT2D eigenvalue weighted by Crippen LogP contribution is -1.87. The predicted octanol–water partition coefficient (Wildman–Crippen LogP) is 9.29. The third-order valence-corrected chi connectivity index (χ3v) is 9.81. The quantitative estimate of drug-likeness (QED) is 0.106. The largest absolute Gasteiger partial charge is 0.299 e. The Morgan fingerprint density at radius 3 is 1.74 bits per heavy atom. The maximum Gasteiger partial charge on any atom is 0.160 e. The molecular formula is C29H34O3S3. The molecule has 0 aliphatic heterocycles. The fourth-order valence-electron chi connectivity index (χ4n) is 4.18. The van der Waals surface area contributed by atoms with Crippen LogP contribution in [-0.2, 0) is 17.6 Å². The lowest BCUT2D eigenvalue weighted by atomic mass is 10.1. The number of carbonyl (C=O) groups excluding carboxylic acids is 3. The Labute approximate surface area is 220 Å². The fraction of sp³-hybridized carbons (Fsp3) is 0.414. The molecule has 0 unspecified atom stereocenters. The summed E-state index contributed by atoms with van der Waals surface area (Å²) in [4.78, 5) is 40.5. The summed E-state index contributed by atoms with van der Waals surface area (Å²) in [6.45, 7) is 4.40. The Kier molecular flexibility index (Phi) is 11.3. The molecule has 0 saturated heterocycles. The first-order valence-electron chi connectivity index (χ1n) is 12.6. The number of hydrogen-bond donors (Lipinski definition) is 0. The van der Waals surface area contributed by atoms with Crippen LogP contribution in [0.4, 0.5) is 0 Å². The summed E-state index contributed by atoms with van der Waals surface area (Å²) in [5, 5.41) is 0. The van der Waals surface area contributed by atoms with Gasteiger partial charge in [0.25, 0.3) is 0 Å². The van der Waals surface area contributed by atoms with Crippen LogP contribution >= 0.6 is 34.0 Å². The van der Waals surface area contributed by atoms with Crippen LogP contribution in [0.25, 0.3) is 25.6 Å². The van der Waals surface area contributed by atoms with Crippen molar-refractivity contribution in [3.8, 4) is 19.5 Å². The molecule has 3 heterocycles. The van der Waals surface area contributed by atoms with Crippen molar-refractivity contribution in [1.82, 2.24) is 0 Å². The molecule has 0 aliphatic carbocycles.